The summed E-state index contributed by atoms with van der Waals surface area (Å²) in [5.41, 5.74) is 0.573. The van der Waals surface area contributed by atoms with Crippen molar-refractivity contribution >= 4 is 11.7 Å². The van der Waals surface area contributed by atoms with Crippen LogP contribution in [0.15, 0.2) is 12.5 Å². The monoisotopic (exact) mass is 207 g/mol. The molecule has 0 N–H and O–H groups in total. The van der Waals surface area contributed by atoms with Gasteiger partial charge in [0.25, 0.3) is 5.91 Å². The van der Waals surface area contributed by atoms with Crippen molar-refractivity contribution in [1.82, 2.24) is 14.5 Å². The number of ketones is 1. The van der Waals surface area contributed by atoms with Gasteiger partial charge in [0.05, 0.1) is 12.5 Å². The zero-order valence-electron chi connectivity index (χ0n) is 8.64. The lowest BCUT2D eigenvalue weighted by Gasteiger charge is -2.25. The van der Waals surface area contributed by atoms with Gasteiger partial charge in [-0.2, -0.15) is 0 Å². The van der Waals surface area contributed by atoms with Crippen LogP contribution in [0.3, 0.4) is 0 Å². The van der Waals surface area contributed by atoms with Gasteiger partial charge in [-0.25, -0.2) is 4.98 Å². The second kappa shape index (κ2) is 3.84. The molecular formula is C10H13N3O2. The molecule has 0 aromatic carbocycles. The third-order valence-electron chi connectivity index (χ3n) is 2.64. The van der Waals surface area contributed by atoms with Crippen molar-refractivity contribution in [2.75, 3.05) is 13.1 Å². The Morgan fingerprint density at radius 1 is 1.40 bits per heavy atom. The standard InChI is InChI=1S/C10H13N3O2/c1-12-7-11-6-9(12)10(15)13-4-2-8(14)3-5-13/h6-7H,2-5H2,1H3. The number of aromatic nitrogens is 2. The SMILES string of the molecule is Cn1cncc1C(=O)N1CCC(=O)CC1. The maximum atomic E-state index is 11.9. The number of amides is 1. The number of piperidine rings is 1. The van der Waals surface area contributed by atoms with E-state index in [1.807, 2.05) is 0 Å². The van der Waals surface area contributed by atoms with Crippen molar-refractivity contribution < 1.29 is 9.59 Å². The highest BCUT2D eigenvalue weighted by Gasteiger charge is 2.23. The normalized spacial score (nSPS) is 16.9. The third-order valence-corrected chi connectivity index (χ3v) is 2.64. The summed E-state index contributed by atoms with van der Waals surface area (Å²) in [6, 6.07) is 0. The van der Waals surface area contributed by atoms with Crippen LogP contribution in [0.5, 0.6) is 0 Å². The maximum absolute atomic E-state index is 11.9. The highest BCUT2D eigenvalue weighted by molar-refractivity contribution is 5.93. The molecule has 2 rings (SSSR count). The van der Waals surface area contributed by atoms with Crippen molar-refractivity contribution in [2.45, 2.75) is 12.8 Å². The fraction of sp³-hybridized carbons (Fsp3) is 0.500. The minimum Gasteiger partial charge on any atom is -0.336 e. The number of imidazole rings is 1. The summed E-state index contributed by atoms with van der Waals surface area (Å²) in [6.07, 6.45) is 4.11. The number of aryl methyl sites for hydroxylation is 1. The van der Waals surface area contributed by atoms with Gasteiger partial charge in [-0.3, -0.25) is 9.59 Å². The Labute approximate surface area is 87.7 Å². The first-order valence-electron chi connectivity index (χ1n) is 4.96. The Morgan fingerprint density at radius 3 is 2.60 bits per heavy atom. The summed E-state index contributed by atoms with van der Waals surface area (Å²) in [5.74, 6) is 0.201. The van der Waals surface area contributed by atoms with E-state index >= 15 is 0 Å². The van der Waals surface area contributed by atoms with Gasteiger partial charge in [0.2, 0.25) is 0 Å². The van der Waals surface area contributed by atoms with Crippen LogP contribution in [0.1, 0.15) is 23.3 Å². The van der Waals surface area contributed by atoms with Crippen LogP contribution in [0, 0.1) is 0 Å². The molecule has 5 heteroatoms. The van der Waals surface area contributed by atoms with Gasteiger partial charge in [-0.15, -0.1) is 0 Å². The Hall–Kier alpha value is -1.65. The number of Topliss-reactive ketones (excluding diaryl/α,β-unsaturated/α-hetero) is 1. The highest BCUT2D eigenvalue weighted by Crippen LogP contribution is 2.10. The number of hydrogen-bond acceptors (Lipinski definition) is 3. The highest BCUT2D eigenvalue weighted by atomic mass is 16.2. The van der Waals surface area contributed by atoms with Crippen LogP contribution in [0.25, 0.3) is 0 Å². The minimum absolute atomic E-state index is 0.0394. The molecule has 1 fully saturated rings. The number of hydrogen-bond donors (Lipinski definition) is 0. The fourth-order valence-electron chi connectivity index (χ4n) is 1.68. The summed E-state index contributed by atoms with van der Waals surface area (Å²) >= 11 is 0. The summed E-state index contributed by atoms with van der Waals surface area (Å²) < 4.78 is 1.69. The number of carbonyl (C=O) groups excluding carboxylic acids is 2. The fourth-order valence-corrected chi connectivity index (χ4v) is 1.68. The van der Waals surface area contributed by atoms with Gasteiger partial charge < -0.3 is 9.47 Å². The van der Waals surface area contributed by atoms with Crippen LogP contribution < -0.4 is 0 Å². The molecule has 1 aliphatic rings. The van der Waals surface area contributed by atoms with E-state index < -0.39 is 0 Å². The summed E-state index contributed by atoms with van der Waals surface area (Å²) in [4.78, 5) is 28.6. The number of nitrogens with zero attached hydrogens (tertiary/aromatic N) is 3. The van der Waals surface area contributed by atoms with E-state index in [1.165, 1.54) is 0 Å². The summed E-state index contributed by atoms with van der Waals surface area (Å²) in [5, 5.41) is 0. The smallest absolute Gasteiger partial charge is 0.272 e. The molecule has 0 radical (unpaired) electrons. The third kappa shape index (κ3) is 1.91. The maximum Gasteiger partial charge on any atom is 0.272 e. The molecule has 0 atom stereocenters. The molecule has 0 bridgehead atoms. The van der Waals surface area contributed by atoms with Crippen LogP contribution >= 0.6 is 0 Å². The van der Waals surface area contributed by atoms with Gasteiger partial charge in [-0.1, -0.05) is 0 Å². The first kappa shape index (κ1) is 9.89. The summed E-state index contributed by atoms with van der Waals surface area (Å²) in [7, 11) is 1.79. The van der Waals surface area contributed by atoms with E-state index in [9.17, 15) is 9.59 Å². The summed E-state index contributed by atoms with van der Waals surface area (Å²) in [6.45, 7) is 1.06. The molecule has 5 nitrogen and oxygen atoms in total. The van der Waals surface area contributed by atoms with E-state index in [0.717, 1.165) is 0 Å². The number of rotatable bonds is 1. The van der Waals surface area contributed by atoms with Gasteiger partial charge in [0.15, 0.2) is 0 Å². The average Bonchev–Trinajstić information content (AvgIpc) is 2.65. The largest absolute Gasteiger partial charge is 0.336 e. The van der Waals surface area contributed by atoms with E-state index in [4.69, 9.17) is 0 Å². The lowest BCUT2D eigenvalue weighted by Crippen LogP contribution is -2.39. The molecule has 0 saturated carbocycles. The molecule has 80 valence electrons. The number of carbonyl (C=O) groups is 2. The molecule has 1 aliphatic heterocycles. The average molecular weight is 207 g/mol. The van der Waals surface area contributed by atoms with Gasteiger partial charge in [0.1, 0.15) is 11.5 Å². The lowest BCUT2D eigenvalue weighted by atomic mass is 10.1. The topological polar surface area (TPSA) is 55.2 Å². The molecule has 0 spiro atoms. The van der Waals surface area contributed by atoms with Crippen LogP contribution in [-0.2, 0) is 11.8 Å². The Bertz CT molecular complexity index is 387. The zero-order valence-corrected chi connectivity index (χ0v) is 8.64. The van der Waals surface area contributed by atoms with Crippen molar-refractivity contribution in [3.05, 3.63) is 18.2 Å². The second-order valence-corrected chi connectivity index (χ2v) is 3.72. The molecule has 1 aromatic rings. The van der Waals surface area contributed by atoms with Gasteiger partial charge >= 0.3 is 0 Å². The van der Waals surface area contributed by atoms with Crippen molar-refractivity contribution in [1.29, 1.82) is 0 Å². The number of likely N-dealkylation sites (tertiary alicyclic amines) is 1. The van der Waals surface area contributed by atoms with E-state index in [0.29, 0.717) is 31.6 Å². The predicted molar refractivity (Wildman–Crippen MR) is 53.4 cm³/mol. The van der Waals surface area contributed by atoms with E-state index in [-0.39, 0.29) is 11.7 Å². The van der Waals surface area contributed by atoms with Gasteiger partial charge in [0, 0.05) is 33.0 Å². The quantitative estimate of drug-likeness (QED) is 0.662. The van der Waals surface area contributed by atoms with Crippen LogP contribution in [0.4, 0.5) is 0 Å². The molecule has 2 heterocycles. The molecular weight excluding hydrogens is 194 g/mol. The Kier molecular flexibility index (Phi) is 2.53. The van der Waals surface area contributed by atoms with Gasteiger partial charge in [-0.05, 0) is 0 Å². The van der Waals surface area contributed by atoms with Crippen LogP contribution in [0.2, 0.25) is 0 Å². The first-order chi connectivity index (χ1) is 7.18. The molecule has 0 unspecified atom stereocenters. The van der Waals surface area contributed by atoms with Crippen molar-refractivity contribution in [3.63, 3.8) is 0 Å². The molecule has 1 amide bonds. The van der Waals surface area contributed by atoms with Crippen LogP contribution in [-0.4, -0.2) is 39.2 Å². The minimum atomic E-state index is -0.0394. The molecule has 1 saturated heterocycles. The molecule has 15 heavy (non-hydrogen) atoms. The van der Waals surface area contributed by atoms with E-state index in [1.54, 1.807) is 29.0 Å². The van der Waals surface area contributed by atoms with E-state index in [2.05, 4.69) is 4.98 Å². The predicted octanol–water partition coefficient (Wildman–Crippen LogP) is 0.225. The lowest BCUT2D eigenvalue weighted by molar-refractivity contribution is -0.120. The zero-order chi connectivity index (χ0) is 10.8. The van der Waals surface area contributed by atoms with Crippen molar-refractivity contribution in [3.8, 4) is 0 Å². The molecule has 0 aliphatic carbocycles. The van der Waals surface area contributed by atoms with Crippen molar-refractivity contribution in [2.24, 2.45) is 7.05 Å². The molecule has 1 aromatic heterocycles. The Balaban J connectivity index is 2.09. The second-order valence-electron chi connectivity index (χ2n) is 3.72. The Morgan fingerprint density at radius 2 is 2.07 bits per heavy atom. The first-order valence-corrected chi connectivity index (χ1v) is 4.96.